The minimum atomic E-state index is -0.444. The Kier molecular flexibility index (Phi) is 3.66. The SMILES string of the molecule is COc1cc(NC(=O)C(C)C)ccc1F. The van der Waals surface area contributed by atoms with Gasteiger partial charge in [-0.15, -0.1) is 0 Å². The predicted octanol–water partition coefficient (Wildman–Crippen LogP) is 2.43. The van der Waals surface area contributed by atoms with Crippen LogP contribution >= 0.6 is 0 Å². The second kappa shape index (κ2) is 4.77. The molecule has 0 atom stereocenters. The first kappa shape index (κ1) is 11.5. The monoisotopic (exact) mass is 211 g/mol. The lowest BCUT2D eigenvalue weighted by molar-refractivity contribution is -0.118. The summed E-state index contributed by atoms with van der Waals surface area (Å²) in [6.45, 7) is 3.58. The summed E-state index contributed by atoms with van der Waals surface area (Å²) in [5.41, 5.74) is 0.534. The maximum atomic E-state index is 13.0. The zero-order valence-electron chi connectivity index (χ0n) is 9.00. The number of halogens is 1. The number of nitrogens with one attached hydrogen (secondary N) is 1. The standard InChI is InChI=1S/C11H14FNO2/c1-7(2)11(14)13-8-4-5-9(12)10(6-8)15-3/h4-7H,1-3H3,(H,13,14). The molecule has 3 nitrogen and oxygen atoms in total. The van der Waals surface area contributed by atoms with Crippen LogP contribution in [0.4, 0.5) is 10.1 Å². The number of ether oxygens (including phenoxy) is 1. The molecule has 0 fully saturated rings. The Balaban J connectivity index is 2.83. The van der Waals surface area contributed by atoms with Crippen molar-refractivity contribution in [3.63, 3.8) is 0 Å². The van der Waals surface area contributed by atoms with Gasteiger partial charge in [-0.05, 0) is 12.1 Å². The molecule has 0 radical (unpaired) electrons. The third-order valence-electron chi connectivity index (χ3n) is 1.94. The van der Waals surface area contributed by atoms with Crippen molar-refractivity contribution < 1.29 is 13.9 Å². The molecule has 0 spiro atoms. The van der Waals surface area contributed by atoms with Crippen molar-refractivity contribution >= 4 is 11.6 Å². The highest BCUT2D eigenvalue weighted by atomic mass is 19.1. The number of methoxy groups -OCH3 is 1. The quantitative estimate of drug-likeness (QED) is 0.833. The molecular weight excluding hydrogens is 197 g/mol. The Morgan fingerprint density at radius 1 is 1.47 bits per heavy atom. The van der Waals surface area contributed by atoms with Crippen molar-refractivity contribution in [2.45, 2.75) is 13.8 Å². The molecule has 0 unspecified atom stereocenters. The van der Waals surface area contributed by atoms with Gasteiger partial charge < -0.3 is 10.1 Å². The fourth-order valence-electron chi connectivity index (χ4n) is 1.02. The van der Waals surface area contributed by atoms with Gasteiger partial charge in [0.1, 0.15) is 0 Å². The molecule has 0 saturated heterocycles. The fourth-order valence-corrected chi connectivity index (χ4v) is 1.02. The van der Waals surface area contributed by atoms with Crippen LogP contribution < -0.4 is 10.1 Å². The Labute approximate surface area is 88.2 Å². The minimum Gasteiger partial charge on any atom is -0.494 e. The van der Waals surface area contributed by atoms with E-state index in [1.54, 1.807) is 13.8 Å². The summed E-state index contributed by atoms with van der Waals surface area (Å²) in [5, 5.41) is 2.66. The lowest BCUT2D eigenvalue weighted by Crippen LogP contribution is -2.17. The first-order chi connectivity index (χ1) is 7.04. The third-order valence-corrected chi connectivity index (χ3v) is 1.94. The maximum Gasteiger partial charge on any atom is 0.226 e. The van der Waals surface area contributed by atoms with E-state index in [2.05, 4.69) is 5.32 Å². The number of hydrogen-bond donors (Lipinski definition) is 1. The van der Waals surface area contributed by atoms with Crippen LogP contribution in [-0.2, 0) is 4.79 Å². The molecule has 15 heavy (non-hydrogen) atoms. The Morgan fingerprint density at radius 3 is 2.67 bits per heavy atom. The van der Waals surface area contributed by atoms with Crippen LogP contribution in [0.2, 0.25) is 0 Å². The summed E-state index contributed by atoms with van der Waals surface area (Å²) in [5.74, 6) is -0.540. The van der Waals surface area contributed by atoms with Gasteiger partial charge in [0.2, 0.25) is 5.91 Å². The largest absolute Gasteiger partial charge is 0.494 e. The number of anilines is 1. The molecule has 0 aliphatic heterocycles. The average Bonchev–Trinajstić information content (AvgIpc) is 2.20. The summed E-state index contributed by atoms with van der Waals surface area (Å²) >= 11 is 0. The second-order valence-electron chi connectivity index (χ2n) is 3.49. The summed E-state index contributed by atoms with van der Waals surface area (Å²) in [4.78, 5) is 11.4. The highest BCUT2D eigenvalue weighted by molar-refractivity contribution is 5.92. The van der Waals surface area contributed by atoms with Gasteiger partial charge in [-0.3, -0.25) is 4.79 Å². The molecule has 0 heterocycles. The number of rotatable bonds is 3. The van der Waals surface area contributed by atoms with Crippen LogP contribution in [-0.4, -0.2) is 13.0 Å². The lowest BCUT2D eigenvalue weighted by Gasteiger charge is -2.09. The fraction of sp³-hybridized carbons (Fsp3) is 0.364. The van der Waals surface area contributed by atoms with Crippen molar-refractivity contribution in [2.24, 2.45) is 5.92 Å². The van der Waals surface area contributed by atoms with Crippen LogP contribution in [0.25, 0.3) is 0 Å². The van der Waals surface area contributed by atoms with Crippen molar-refractivity contribution in [2.75, 3.05) is 12.4 Å². The van der Waals surface area contributed by atoms with Crippen molar-refractivity contribution in [3.8, 4) is 5.75 Å². The zero-order chi connectivity index (χ0) is 11.4. The molecule has 0 saturated carbocycles. The Morgan fingerprint density at radius 2 is 2.13 bits per heavy atom. The molecule has 1 aromatic carbocycles. The predicted molar refractivity (Wildman–Crippen MR) is 56.4 cm³/mol. The van der Waals surface area contributed by atoms with Crippen molar-refractivity contribution in [1.82, 2.24) is 0 Å². The smallest absolute Gasteiger partial charge is 0.226 e. The first-order valence-electron chi connectivity index (χ1n) is 4.69. The first-order valence-corrected chi connectivity index (χ1v) is 4.69. The van der Waals surface area contributed by atoms with E-state index in [0.29, 0.717) is 5.69 Å². The number of hydrogen-bond acceptors (Lipinski definition) is 2. The minimum absolute atomic E-state index is 0.108. The molecule has 1 rings (SSSR count). The second-order valence-corrected chi connectivity index (χ2v) is 3.49. The Bertz CT molecular complexity index is 364. The van der Waals surface area contributed by atoms with E-state index in [0.717, 1.165) is 0 Å². The van der Waals surface area contributed by atoms with Gasteiger partial charge in [-0.25, -0.2) is 4.39 Å². The molecule has 0 bridgehead atoms. The zero-order valence-corrected chi connectivity index (χ0v) is 9.00. The molecule has 0 aliphatic rings. The number of benzene rings is 1. The van der Waals surface area contributed by atoms with E-state index in [1.165, 1.54) is 25.3 Å². The van der Waals surface area contributed by atoms with Crippen molar-refractivity contribution in [3.05, 3.63) is 24.0 Å². The van der Waals surface area contributed by atoms with Gasteiger partial charge in [0.25, 0.3) is 0 Å². The summed E-state index contributed by atoms with van der Waals surface area (Å²) in [6, 6.07) is 4.21. The van der Waals surface area contributed by atoms with Gasteiger partial charge in [0.05, 0.1) is 7.11 Å². The highest BCUT2D eigenvalue weighted by Gasteiger charge is 2.09. The summed E-state index contributed by atoms with van der Waals surface area (Å²) in [7, 11) is 1.38. The van der Waals surface area contributed by atoms with E-state index < -0.39 is 5.82 Å². The summed E-state index contributed by atoms with van der Waals surface area (Å²) < 4.78 is 17.8. The van der Waals surface area contributed by atoms with Crippen molar-refractivity contribution in [1.29, 1.82) is 0 Å². The molecule has 82 valence electrons. The highest BCUT2D eigenvalue weighted by Crippen LogP contribution is 2.21. The van der Waals surface area contributed by atoms with Crippen LogP contribution in [0, 0.1) is 11.7 Å². The lowest BCUT2D eigenvalue weighted by atomic mass is 10.2. The topological polar surface area (TPSA) is 38.3 Å². The molecule has 0 aliphatic carbocycles. The van der Waals surface area contributed by atoms with Gasteiger partial charge in [-0.2, -0.15) is 0 Å². The van der Waals surface area contributed by atoms with Crippen LogP contribution in [0.1, 0.15) is 13.8 Å². The molecule has 0 aromatic heterocycles. The van der Waals surface area contributed by atoms with E-state index in [9.17, 15) is 9.18 Å². The third kappa shape index (κ3) is 2.94. The van der Waals surface area contributed by atoms with Crippen LogP contribution in [0.5, 0.6) is 5.75 Å². The van der Waals surface area contributed by atoms with Crippen LogP contribution in [0.15, 0.2) is 18.2 Å². The van der Waals surface area contributed by atoms with Gasteiger partial charge in [-0.1, -0.05) is 13.8 Å². The molecule has 4 heteroatoms. The van der Waals surface area contributed by atoms with E-state index >= 15 is 0 Å². The van der Waals surface area contributed by atoms with E-state index in [4.69, 9.17) is 4.74 Å². The Hall–Kier alpha value is -1.58. The number of carbonyl (C=O) groups is 1. The average molecular weight is 211 g/mol. The van der Waals surface area contributed by atoms with E-state index in [1.807, 2.05) is 0 Å². The number of amides is 1. The van der Waals surface area contributed by atoms with Gasteiger partial charge in [0.15, 0.2) is 11.6 Å². The summed E-state index contributed by atoms with van der Waals surface area (Å²) in [6.07, 6.45) is 0. The van der Waals surface area contributed by atoms with Gasteiger partial charge >= 0.3 is 0 Å². The molecule has 1 aromatic rings. The van der Waals surface area contributed by atoms with Crippen LogP contribution in [0.3, 0.4) is 0 Å². The number of carbonyl (C=O) groups excluding carboxylic acids is 1. The molecular formula is C11H14FNO2. The molecule has 1 amide bonds. The van der Waals surface area contributed by atoms with E-state index in [-0.39, 0.29) is 17.6 Å². The maximum absolute atomic E-state index is 13.0. The normalized spacial score (nSPS) is 10.2. The van der Waals surface area contributed by atoms with Gasteiger partial charge in [0, 0.05) is 17.7 Å². The molecule has 1 N–H and O–H groups in total.